The van der Waals surface area contributed by atoms with Crippen molar-refractivity contribution in [2.45, 2.75) is 212 Å². The first-order valence-electron chi connectivity index (χ1n) is 25.0. The van der Waals surface area contributed by atoms with E-state index >= 15 is 0 Å². The van der Waals surface area contributed by atoms with Gasteiger partial charge in [-0.25, -0.2) is 4.79 Å². The zero-order chi connectivity index (χ0) is 45.6. The first kappa shape index (κ1) is 58.8. The summed E-state index contributed by atoms with van der Waals surface area (Å²) in [6, 6.07) is -0.628. The number of aliphatic carboxylic acids is 1. The number of rotatable bonds is 44. The first-order valence-corrected chi connectivity index (χ1v) is 25.0. The Morgan fingerprint density at radius 2 is 0.903 bits per heavy atom. The largest absolute Gasteiger partial charge is 0.477 e. The fourth-order valence-electron chi connectivity index (χ4n) is 7.06. The standard InChI is InChI=1S/C54H93NO7/c1-6-8-10-12-14-16-18-20-22-24-26-28-30-32-34-36-38-40-42-44-52(56)61-49-50(48-60-47-46-51(54(58)59)55(3,4)5)62-53(57)45-43-41-39-37-35-33-31-29-27-25-23-21-19-17-15-13-11-9-7-2/h8,10,14,16,20,22,26,28,32,34,38,40,50-51H,6-7,9,11-13,15,17-19,21,23-25,27,29-31,33,35-37,39,41-49H2,1-5H3/p+1/b10-8+,16-14+,22-20+,28-26+,34-32+,40-38+. The molecule has 0 saturated carbocycles. The van der Waals surface area contributed by atoms with E-state index in [0.717, 1.165) is 57.8 Å². The molecule has 356 valence electrons. The van der Waals surface area contributed by atoms with E-state index in [9.17, 15) is 19.5 Å². The molecule has 0 aromatic heterocycles. The van der Waals surface area contributed by atoms with Crippen molar-refractivity contribution in [3.05, 3.63) is 72.9 Å². The number of carbonyl (C=O) groups excluding carboxylic acids is 2. The average Bonchev–Trinajstić information content (AvgIpc) is 3.23. The van der Waals surface area contributed by atoms with Crippen LogP contribution in [-0.2, 0) is 28.6 Å². The predicted molar refractivity (Wildman–Crippen MR) is 261 cm³/mol. The van der Waals surface area contributed by atoms with Crippen molar-refractivity contribution in [1.82, 2.24) is 0 Å². The van der Waals surface area contributed by atoms with Gasteiger partial charge < -0.3 is 23.8 Å². The smallest absolute Gasteiger partial charge is 0.362 e. The van der Waals surface area contributed by atoms with E-state index in [1.54, 1.807) is 0 Å². The summed E-state index contributed by atoms with van der Waals surface area (Å²) in [5.41, 5.74) is 0. The molecule has 0 heterocycles. The molecule has 0 fully saturated rings. The van der Waals surface area contributed by atoms with Gasteiger partial charge in [0.05, 0.1) is 34.4 Å². The zero-order valence-corrected chi connectivity index (χ0v) is 40.6. The molecule has 0 amide bonds. The van der Waals surface area contributed by atoms with E-state index in [4.69, 9.17) is 14.2 Å². The topological polar surface area (TPSA) is 99.1 Å². The summed E-state index contributed by atoms with van der Waals surface area (Å²) in [6.07, 6.45) is 56.8. The molecule has 1 N–H and O–H groups in total. The minimum Gasteiger partial charge on any atom is -0.477 e. The summed E-state index contributed by atoms with van der Waals surface area (Å²) in [5, 5.41) is 9.64. The monoisotopic (exact) mass is 869 g/mol. The lowest BCUT2D eigenvalue weighted by Crippen LogP contribution is -2.50. The number of unbranched alkanes of at least 4 members (excludes halogenated alkanes) is 18. The van der Waals surface area contributed by atoms with E-state index in [1.165, 1.54) is 103 Å². The van der Waals surface area contributed by atoms with Gasteiger partial charge >= 0.3 is 17.9 Å². The van der Waals surface area contributed by atoms with Crippen LogP contribution in [0.4, 0.5) is 0 Å². The van der Waals surface area contributed by atoms with Gasteiger partial charge in [-0.3, -0.25) is 9.59 Å². The van der Waals surface area contributed by atoms with Gasteiger partial charge in [0.25, 0.3) is 0 Å². The van der Waals surface area contributed by atoms with Crippen molar-refractivity contribution in [2.75, 3.05) is 41.0 Å². The Hall–Kier alpha value is -3.23. The van der Waals surface area contributed by atoms with Gasteiger partial charge in [0.2, 0.25) is 0 Å². The van der Waals surface area contributed by atoms with Crippen molar-refractivity contribution >= 4 is 17.9 Å². The van der Waals surface area contributed by atoms with Crippen molar-refractivity contribution in [3.63, 3.8) is 0 Å². The SMILES string of the molecule is CC/C=C/C/C=C/C/C=C/C/C=C/C/C=C/C/C=C/CCC(=O)OCC(COCCC(C(=O)O)[N+](C)(C)C)OC(=O)CCCCCCCCCCCCCCCCCCCCC. The molecule has 0 rings (SSSR count). The van der Waals surface area contributed by atoms with Crippen molar-refractivity contribution in [3.8, 4) is 0 Å². The zero-order valence-electron chi connectivity index (χ0n) is 40.6. The summed E-state index contributed by atoms with van der Waals surface area (Å²) in [7, 11) is 5.51. The molecule has 2 atom stereocenters. The second kappa shape index (κ2) is 44.4. The summed E-state index contributed by atoms with van der Waals surface area (Å²) < 4.78 is 17.3. The van der Waals surface area contributed by atoms with Crippen LogP contribution in [0.5, 0.6) is 0 Å². The molecule has 0 radical (unpaired) electrons. The molecule has 0 aliphatic rings. The Labute approximate surface area is 381 Å². The number of esters is 2. The predicted octanol–water partition coefficient (Wildman–Crippen LogP) is 14.3. The van der Waals surface area contributed by atoms with Gasteiger partial charge in [0.1, 0.15) is 6.61 Å². The number of quaternary nitrogens is 1. The third-order valence-electron chi connectivity index (χ3n) is 10.9. The van der Waals surface area contributed by atoms with Crippen LogP contribution in [0.3, 0.4) is 0 Å². The number of carboxylic acid groups (broad SMARTS) is 1. The molecule has 0 saturated heterocycles. The Bertz CT molecular complexity index is 1240. The van der Waals surface area contributed by atoms with Crippen LogP contribution in [-0.4, -0.2) is 80.6 Å². The first-order chi connectivity index (χ1) is 30.1. The molecule has 0 spiro atoms. The molecule has 0 bridgehead atoms. The Morgan fingerprint density at radius 1 is 0.500 bits per heavy atom. The number of allylic oxidation sites excluding steroid dienone is 12. The highest BCUT2D eigenvalue weighted by atomic mass is 16.6. The maximum absolute atomic E-state index is 12.8. The lowest BCUT2D eigenvalue weighted by Gasteiger charge is -2.31. The number of carboxylic acids is 1. The number of hydrogen-bond donors (Lipinski definition) is 1. The highest BCUT2D eigenvalue weighted by Crippen LogP contribution is 2.16. The number of ether oxygens (including phenoxy) is 3. The molecular weight excluding hydrogens is 775 g/mol. The Kier molecular flexibility index (Phi) is 42.1. The number of nitrogens with zero attached hydrogens (tertiary/aromatic N) is 1. The molecule has 8 nitrogen and oxygen atoms in total. The highest BCUT2D eigenvalue weighted by molar-refractivity contribution is 5.72. The summed E-state index contributed by atoms with van der Waals surface area (Å²) >= 11 is 0. The molecule has 62 heavy (non-hydrogen) atoms. The Balaban J connectivity index is 4.37. The fourth-order valence-corrected chi connectivity index (χ4v) is 7.06. The van der Waals surface area contributed by atoms with Gasteiger partial charge in [-0.05, 0) is 51.4 Å². The second-order valence-electron chi connectivity index (χ2n) is 17.7. The quantitative estimate of drug-likeness (QED) is 0.0282. The molecule has 0 aliphatic heterocycles. The molecule has 8 heteroatoms. The number of hydrogen-bond acceptors (Lipinski definition) is 6. The fraction of sp³-hybridized carbons (Fsp3) is 0.722. The van der Waals surface area contributed by atoms with E-state index in [2.05, 4.69) is 74.6 Å². The molecular formula is C54H94NO7+. The number of likely N-dealkylation sites (N-methyl/N-ethyl adjacent to an activating group) is 1. The minimum atomic E-state index is -0.885. The molecule has 0 aromatic carbocycles. The third kappa shape index (κ3) is 42.1. The van der Waals surface area contributed by atoms with Gasteiger partial charge in [-0.2, -0.15) is 0 Å². The summed E-state index contributed by atoms with van der Waals surface area (Å²) in [4.78, 5) is 37.1. The van der Waals surface area contributed by atoms with E-state index in [-0.39, 0.29) is 42.7 Å². The average molecular weight is 869 g/mol. The van der Waals surface area contributed by atoms with Gasteiger partial charge in [0.15, 0.2) is 12.1 Å². The van der Waals surface area contributed by atoms with E-state index in [1.807, 2.05) is 33.3 Å². The van der Waals surface area contributed by atoms with Crippen LogP contribution in [0.25, 0.3) is 0 Å². The van der Waals surface area contributed by atoms with E-state index in [0.29, 0.717) is 19.3 Å². The normalized spacial score (nSPS) is 13.5. The minimum absolute atomic E-state index is 0.0366. The van der Waals surface area contributed by atoms with Crippen LogP contribution in [0.1, 0.15) is 200 Å². The van der Waals surface area contributed by atoms with E-state index < -0.39 is 18.1 Å². The third-order valence-corrected chi connectivity index (χ3v) is 10.9. The van der Waals surface area contributed by atoms with Gasteiger partial charge in [-0.1, -0.05) is 202 Å². The van der Waals surface area contributed by atoms with Crippen molar-refractivity contribution < 1.29 is 38.2 Å². The molecule has 0 aromatic rings. The van der Waals surface area contributed by atoms with Crippen molar-refractivity contribution in [1.29, 1.82) is 0 Å². The lowest BCUT2D eigenvalue weighted by molar-refractivity contribution is -0.887. The van der Waals surface area contributed by atoms with Crippen molar-refractivity contribution in [2.24, 2.45) is 0 Å². The van der Waals surface area contributed by atoms with Crippen LogP contribution in [0, 0.1) is 0 Å². The van der Waals surface area contributed by atoms with Crippen LogP contribution in [0.15, 0.2) is 72.9 Å². The highest BCUT2D eigenvalue weighted by Gasteiger charge is 2.31. The van der Waals surface area contributed by atoms with Gasteiger partial charge in [-0.15, -0.1) is 0 Å². The van der Waals surface area contributed by atoms with Crippen LogP contribution >= 0.6 is 0 Å². The molecule has 0 aliphatic carbocycles. The van der Waals surface area contributed by atoms with Gasteiger partial charge in [0, 0.05) is 19.3 Å². The Morgan fingerprint density at radius 3 is 1.31 bits per heavy atom. The maximum atomic E-state index is 12.8. The van der Waals surface area contributed by atoms with Crippen LogP contribution in [0.2, 0.25) is 0 Å². The summed E-state index contributed by atoms with van der Waals surface area (Å²) in [6.45, 7) is 4.56. The number of carbonyl (C=O) groups is 3. The molecule has 2 unspecified atom stereocenters. The van der Waals surface area contributed by atoms with Crippen LogP contribution < -0.4 is 0 Å². The summed E-state index contributed by atoms with van der Waals surface area (Å²) in [5.74, 6) is -1.57. The lowest BCUT2D eigenvalue weighted by atomic mass is 10.0. The maximum Gasteiger partial charge on any atom is 0.362 e. The second-order valence-corrected chi connectivity index (χ2v) is 17.7.